The second-order valence-corrected chi connectivity index (χ2v) is 6.65. The lowest BCUT2D eigenvalue weighted by molar-refractivity contribution is -0.144. The number of amides is 1. The van der Waals surface area contributed by atoms with Crippen LogP contribution in [0.25, 0.3) is 0 Å². The van der Waals surface area contributed by atoms with E-state index in [1.54, 1.807) is 36.2 Å². The van der Waals surface area contributed by atoms with Gasteiger partial charge in [0.1, 0.15) is 0 Å². The summed E-state index contributed by atoms with van der Waals surface area (Å²) in [6.07, 6.45) is 1.47. The number of hydrogen-bond acceptors (Lipinski definition) is 3. The van der Waals surface area contributed by atoms with E-state index in [4.69, 9.17) is 9.84 Å². The Bertz CT molecular complexity index is 757. The van der Waals surface area contributed by atoms with E-state index in [-0.39, 0.29) is 23.5 Å². The summed E-state index contributed by atoms with van der Waals surface area (Å²) in [7, 11) is 1.78. The first-order chi connectivity index (χ1) is 12.6. The van der Waals surface area contributed by atoms with Crippen LogP contribution in [0.15, 0.2) is 54.6 Å². The highest BCUT2D eigenvalue weighted by Gasteiger charge is 2.34. The molecule has 5 nitrogen and oxygen atoms in total. The molecule has 1 fully saturated rings. The number of carbonyl (C=O) groups is 2. The molecule has 1 N–H and O–H groups in total. The highest BCUT2D eigenvalue weighted by molar-refractivity contribution is 5.87. The molecule has 136 valence electrons. The number of benzene rings is 2. The molecule has 0 aliphatic carbocycles. The van der Waals surface area contributed by atoms with E-state index in [1.807, 2.05) is 30.3 Å². The summed E-state index contributed by atoms with van der Waals surface area (Å²) in [6.45, 7) is 1.11. The Kier molecular flexibility index (Phi) is 5.68. The van der Waals surface area contributed by atoms with E-state index in [0.717, 1.165) is 24.0 Å². The molecule has 1 aliphatic rings. The Hall–Kier alpha value is -2.66. The highest BCUT2D eigenvalue weighted by atomic mass is 16.5. The van der Waals surface area contributed by atoms with Gasteiger partial charge >= 0.3 is 5.97 Å². The van der Waals surface area contributed by atoms with Crippen LogP contribution in [0.2, 0.25) is 0 Å². The summed E-state index contributed by atoms with van der Waals surface area (Å²) in [4.78, 5) is 25.7. The SMILES string of the molecule is CN(Cc1ccc(C(=O)O)cc1)C(=O)[C@H]1CCCO[C@@H]1c1ccccc1. The molecule has 26 heavy (non-hydrogen) atoms. The van der Waals surface area contributed by atoms with Crippen molar-refractivity contribution >= 4 is 11.9 Å². The average Bonchev–Trinajstić information content (AvgIpc) is 2.68. The molecule has 1 heterocycles. The van der Waals surface area contributed by atoms with Gasteiger partial charge in [0.05, 0.1) is 17.6 Å². The quantitative estimate of drug-likeness (QED) is 0.893. The van der Waals surface area contributed by atoms with Gasteiger partial charge in [-0.25, -0.2) is 4.79 Å². The lowest BCUT2D eigenvalue weighted by Gasteiger charge is -2.33. The second-order valence-electron chi connectivity index (χ2n) is 6.65. The van der Waals surface area contributed by atoms with Crippen LogP contribution in [0, 0.1) is 5.92 Å². The normalized spacial score (nSPS) is 19.7. The molecule has 0 bridgehead atoms. The molecule has 1 amide bonds. The van der Waals surface area contributed by atoms with Crippen molar-refractivity contribution in [2.75, 3.05) is 13.7 Å². The molecular weight excluding hydrogens is 330 g/mol. The molecule has 0 spiro atoms. The van der Waals surface area contributed by atoms with Crippen LogP contribution in [0.4, 0.5) is 0 Å². The largest absolute Gasteiger partial charge is 0.478 e. The second kappa shape index (κ2) is 8.15. The van der Waals surface area contributed by atoms with E-state index in [9.17, 15) is 9.59 Å². The van der Waals surface area contributed by atoms with Gasteiger partial charge in [-0.05, 0) is 36.1 Å². The van der Waals surface area contributed by atoms with Crippen molar-refractivity contribution in [2.24, 2.45) is 5.92 Å². The fourth-order valence-corrected chi connectivity index (χ4v) is 3.39. The van der Waals surface area contributed by atoms with Gasteiger partial charge in [0.25, 0.3) is 0 Å². The highest BCUT2D eigenvalue weighted by Crippen LogP contribution is 2.34. The van der Waals surface area contributed by atoms with Crippen LogP contribution >= 0.6 is 0 Å². The van der Waals surface area contributed by atoms with E-state index in [2.05, 4.69) is 0 Å². The maximum Gasteiger partial charge on any atom is 0.335 e. The van der Waals surface area contributed by atoms with Gasteiger partial charge in [0.15, 0.2) is 0 Å². The van der Waals surface area contributed by atoms with Crippen molar-refractivity contribution in [2.45, 2.75) is 25.5 Å². The Morgan fingerprint density at radius 2 is 1.81 bits per heavy atom. The van der Waals surface area contributed by atoms with Gasteiger partial charge in [-0.2, -0.15) is 0 Å². The van der Waals surface area contributed by atoms with Crippen molar-refractivity contribution in [3.63, 3.8) is 0 Å². The van der Waals surface area contributed by atoms with Crippen molar-refractivity contribution in [1.29, 1.82) is 0 Å². The Morgan fingerprint density at radius 1 is 1.12 bits per heavy atom. The molecule has 2 aromatic carbocycles. The van der Waals surface area contributed by atoms with Crippen molar-refractivity contribution in [3.05, 3.63) is 71.3 Å². The predicted molar refractivity (Wildman–Crippen MR) is 97.7 cm³/mol. The van der Waals surface area contributed by atoms with Crippen molar-refractivity contribution in [3.8, 4) is 0 Å². The maximum atomic E-state index is 13.0. The standard InChI is InChI=1S/C21H23NO4/c1-22(14-15-9-11-17(12-10-15)21(24)25)20(23)18-8-5-13-26-19(18)16-6-3-2-4-7-16/h2-4,6-7,9-12,18-19H,5,8,13-14H2,1H3,(H,24,25)/t18-,19+/m0/s1. The van der Waals surface area contributed by atoms with Gasteiger partial charge in [-0.1, -0.05) is 42.5 Å². The zero-order chi connectivity index (χ0) is 18.5. The average molecular weight is 353 g/mol. The van der Waals surface area contributed by atoms with Crippen LogP contribution in [-0.4, -0.2) is 35.5 Å². The molecule has 0 radical (unpaired) electrons. The molecule has 5 heteroatoms. The van der Waals surface area contributed by atoms with Gasteiger partial charge in [0.2, 0.25) is 5.91 Å². The van der Waals surface area contributed by atoms with Crippen molar-refractivity contribution in [1.82, 2.24) is 4.90 Å². The monoisotopic (exact) mass is 353 g/mol. The minimum atomic E-state index is -0.953. The smallest absolute Gasteiger partial charge is 0.335 e. The number of carboxylic acid groups (broad SMARTS) is 1. The maximum absolute atomic E-state index is 13.0. The van der Waals surface area contributed by atoms with Crippen LogP contribution in [0.5, 0.6) is 0 Å². The third-order valence-corrected chi connectivity index (χ3v) is 4.76. The number of carboxylic acids is 1. The van der Waals surface area contributed by atoms with Crippen LogP contribution in [-0.2, 0) is 16.1 Å². The van der Waals surface area contributed by atoms with Gasteiger partial charge in [-0.15, -0.1) is 0 Å². The van der Waals surface area contributed by atoms with E-state index in [1.165, 1.54) is 0 Å². The number of ether oxygens (including phenoxy) is 1. The van der Waals surface area contributed by atoms with Gasteiger partial charge < -0.3 is 14.7 Å². The molecule has 2 aromatic rings. The molecule has 0 unspecified atom stereocenters. The van der Waals surface area contributed by atoms with E-state index < -0.39 is 5.97 Å². The number of aromatic carboxylic acids is 1. The molecule has 0 aromatic heterocycles. The fourth-order valence-electron chi connectivity index (χ4n) is 3.39. The molecule has 3 rings (SSSR count). The minimum absolute atomic E-state index is 0.0564. The summed E-state index contributed by atoms with van der Waals surface area (Å²) in [5.41, 5.74) is 2.18. The number of rotatable bonds is 5. The third kappa shape index (κ3) is 4.11. The van der Waals surface area contributed by atoms with Gasteiger partial charge in [0, 0.05) is 20.2 Å². The number of carbonyl (C=O) groups excluding carboxylic acids is 1. The molecule has 0 saturated carbocycles. The lowest BCUT2D eigenvalue weighted by atomic mass is 9.88. The fraction of sp³-hybridized carbons (Fsp3) is 0.333. The van der Waals surface area contributed by atoms with E-state index >= 15 is 0 Å². The first-order valence-corrected chi connectivity index (χ1v) is 8.80. The molecular formula is C21H23NO4. The third-order valence-electron chi connectivity index (χ3n) is 4.76. The van der Waals surface area contributed by atoms with E-state index in [0.29, 0.717) is 13.2 Å². The molecule has 2 atom stereocenters. The first kappa shape index (κ1) is 18.1. The van der Waals surface area contributed by atoms with Gasteiger partial charge in [-0.3, -0.25) is 4.79 Å². The number of hydrogen-bond donors (Lipinski definition) is 1. The van der Waals surface area contributed by atoms with Crippen LogP contribution < -0.4 is 0 Å². The Labute approximate surface area is 153 Å². The Morgan fingerprint density at radius 3 is 2.46 bits per heavy atom. The first-order valence-electron chi connectivity index (χ1n) is 8.80. The Balaban J connectivity index is 1.70. The zero-order valence-electron chi connectivity index (χ0n) is 14.8. The summed E-state index contributed by atoms with van der Waals surface area (Å²) < 4.78 is 5.93. The minimum Gasteiger partial charge on any atom is -0.478 e. The summed E-state index contributed by atoms with van der Waals surface area (Å²) in [6, 6.07) is 16.5. The summed E-state index contributed by atoms with van der Waals surface area (Å²) in [5, 5.41) is 8.97. The summed E-state index contributed by atoms with van der Waals surface area (Å²) in [5.74, 6) is -1.10. The predicted octanol–water partition coefficient (Wildman–Crippen LogP) is 3.51. The van der Waals surface area contributed by atoms with Crippen molar-refractivity contribution < 1.29 is 19.4 Å². The molecule has 1 saturated heterocycles. The van der Waals surface area contributed by atoms with Crippen LogP contribution in [0.3, 0.4) is 0 Å². The topological polar surface area (TPSA) is 66.8 Å². The zero-order valence-corrected chi connectivity index (χ0v) is 14.8. The van der Waals surface area contributed by atoms with Crippen LogP contribution in [0.1, 0.15) is 40.4 Å². The summed E-state index contributed by atoms with van der Waals surface area (Å²) >= 11 is 0. The number of nitrogens with zero attached hydrogens (tertiary/aromatic N) is 1. The lowest BCUT2D eigenvalue weighted by Crippen LogP contribution is -2.38. The molecule has 1 aliphatic heterocycles.